The molecule has 5 nitrogen and oxygen atoms in total. The molecule has 0 saturated heterocycles. The number of benzene rings is 2. The Morgan fingerprint density at radius 3 is 2.50 bits per heavy atom. The van der Waals surface area contributed by atoms with E-state index < -0.39 is 0 Å². The van der Waals surface area contributed by atoms with E-state index in [0.29, 0.717) is 12.2 Å². The second-order valence-electron chi connectivity index (χ2n) is 5.46. The molecule has 0 bridgehead atoms. The number of methoxy groups -OCH3 is 1. The van der Waals surface area contributed by atoms with Gasteiger partial charge in [0.05, 0.1) is 12.8 Å². The minimum absolute atomic E-state index is 0.606. The number of fused-ring (bicyclic) bond motifs is 1. The summed E-state index contributed by atoms with van der Waals surface area (Å²) in [6.07, 6.45) is 2.45. The van der Waals surface area contributed by atoms with E-state index >= 15 is 0 Å². The average Bonchev–Trinajstić information content (AvgIpc) is 3.05. The third-order valence-electron chi connectivity index (χ3n) is 3.88. The van der Waals surface area contributed by atoms with E-state index in [-0.39, 0.29) is 0 Å². The normalized spacial score (nSPS) is 10.9. The fraction of sp³-hybridized carbons (Fsp3) is 0.105. The van der Waals surface area contributed by atoms with Crippen molar-refractivity contribution >= 4 is 5.78 Å². The lowest BCUT2D eigenvalue weighted by molar-refractivity contribution is 0.415. The Labute approximate surface area is 139 Å². The minimum atomic E-state index is 0.606. The molecular formula is C19H16N4O. The Morgan fingerprint density at radius 1 is 0.958 bits per heavy atom. The summed E-state index contributed by atoms with van der Waals surface area (Å²) >= 11 is 0. The van der Waals surface area contributed by atoms with Crippen molar-refractivity contribution in [2.45, 2.75) is 6.42 Å². The van der Waals surface area contributed by atoms with Crippen molar-refractivity contribution in [3.05, 3.63) is 78.2 Å². The van der Waals surface area contributed by atoms with Crippen LogP contribution in [0, 0.1) is 0 Å². The van der Waals surface area contributed by atoms with Crippen LogP contribution >= 0.6 is 0 Å². The number of aromatic nitrogens is 4. The highest BCUT2D eigenvalue weighted by Gasteiger charge is 2.10. The van der Waals surface area contributed by atoms with Gasteiger partial charge in [0.25, 0.3) is 5.78 Å². The van der Waals surface area contributed by atoms with E-state index in [1.54, 1.807) is 17.8 Å². The van der Waals surface area contributed by atoms with Gasteiger partial charge in [0, 0.05) is 18.2 Å². The van der Waals surface area contributed by atoms with E-state index in [1.165, 1.54) is 5.56 Å². The predicted molar refractivity (Wildman–Crippen MR) is 92.0 cm³/mol. The SMILES string of the molecule is COc1ccc(-c2ccnc3nc(Cc4ccccc4)nn23)cc1. The first-order valence-electron chi connectivity index (χ1n) is 7.72. The van der Waals surface area contributed by atoms with Crippen molar-refractivity contribution in [3.8, 4) is 17.0 Å². The lowest BCUT2D eigenvalue weighted by atomic mass is 10.1. The maximum atomic E-state index is 5.22. The van der Waals surface area contributed by atoms with Crippen molar-refractivity contribution in [1.82, 2.24) is 19.6 Å². The van der Waals surface area contributed by atoms with E-state index in [1.807, 2.05) is 48.5 Å². The number of hydrogen-bond donors (Lipinski definition) is 0. The van der Waals surface area contributed by atoms with Gasteiger partial charge in [-0.2, -0.15) is 9.50 Å². The third-order valence-corrected chi connectivity index (χ3v) is 3.88. The zero-order valence-corrected chi connectivity index (χ0v) is 13.3. The first kappa shape index (κ1) is 14.4. The van der Waals surface area contributed by atoms with Crippen LogP contribution in [0.25, 0.3) is 17.0 Å². The summed E-state index contributed by atoms with van der Waals surface area (Å²) in [7, 11) is 1.66. The van der Waals surface area contributed by atoms with E-state index in [0.717, 1.165) is 22.8 Å². The van der Waals surface area contributed by atoms with Gasteiger partial charge in [-0.25, -0.2) is 4.98 Å². The van der Waals surface area contributed by atoms with Crippen molar-refractivity contribution in [3.63, 3.8) is 0 Å². The van der Waals surface area contributed by atoms with E-state index in [2.05, 4.69) is 27.2 Å². The monoisotopic (exact) mass is 316 g/mol. The highest BCUT2D eigenvalue weighted by molar-refractivity contribution is 5.62. The molecule has 0 atom stereocenters. The second-order valence-corrected chi connectivity index (χ2v) is 5.46. The van der Waals surface area contributed by atoms with Gasteiger partial charge in [-0.15, -0.1) is 5.10 Å². The number of rotatable bonds is 4. The van der Waals surface area contributed by atoms with Crippen molar-refractivity contribution < 1.29 is 4.74 Å². The van der Waals surface area contributed by atoms with Crippen LogP contribution < -0.4 is 4.74 Å². The molecule has 0 N–H and O–H groups in total. The summed E-state index contributed by atoms with van der Waals surface area (Å²) in [5.41, 5.74) is 3.17. The Morgan fingerprint density at radius 2 is 1.75 bits per heavy atom. The molecule has 0 unspecified atom stereocenters. The van der Waals surface area contributed by atoms with Crippen LogP contribution in [-0.2, 0) is 6.42 Å². The zero-order chi connectivity index (χ0) is 16.4. The van der Waals surface area contributed by atoms with Crippen LogP contribution in [0.5, 0.6) is 5.75 Å². The summed E-state index contributed by atoms with van der Waals surface area (Å²) in [5.74, 6) is 2.19. The molecule has 0 amide bonds. The zero-order valence-electron chi connectivity index (χ0n) is 13.3. The lowest BCUT2D eigenvalue weighted by Gasteiger charge is -2.05. The summed E-state index contributed by atoms with van der Waals surface area (Å²) in [4.78, 5) is 8.87. The molecule has 118 valence electrons. The van der Waals surface area contributed by atoms with Gasteiger partial charge in [-0.1, -0.05) is 30.3 Å². The van der Waals surface area contributed by atoms with Gasteiger partial charge in [0.1, 0.15) is 5.75 Å². The van der Waals surface area contributed by atoms with Gasteiger partial charge < -0.3 is 4.74 Å². The lowest BCUT2D eigenvalue weighted by Crippen LogP contribution is -1.96. The molecular weight excluding hydrogens is 300 g/mol. The van der Waals surface area contributed by atoms with Crippen LogP contribution in [0.1, 0.15) is 11.4 Å². The fourth-order valence-corrected chi connectivity index (χ4v) is 2.67. The van der Waals surface area contributed by atoms with Crippen molar-refractivity contribution in [2.24, 2.45) is 0 Å². The first-order chi connectivity index (χ1) is 11.8. The molecule has 4 rings (SSSR count). The quantitative estimate of drug-likeness (QED) is 0.579. The molecule has 4 aromatic rings. The molecule has 0 radical (unpaired) electrons. The fourth-order valence-electron chi connectivity index (χ4n) is 2.67. The molecule has 2 heterocycles. The number of hydrogen-bond acceptors (Lipinski definition) is 4. The molecule has 0 aliphatic rings. The molecule has 5 heteroatoms. The third kappa shape index (κ3) is 2.72. The predicted octanol–water partition coefficient (Wildman–Crippen LogP) is 3.39. The topological polar surface area (TPSA) is 52.3 Å². The molecule has 0 fully saturated rings. The minimum Gasteiger partial charge on any atom is -0.497 e. The Hall–Kier alpha value is -3.21. The molecule has 0 spiro atoms. The number of nitrogens with zero attached hydrogens (tertiary/aromatic N) is 4. The highest BCUT2D eigenvalue weighted by Crippen LogP contribution is 2.22. The second kappa shape index (κ2) is 6.12. The maximum Gasteiger partial charge on any atom is 0.252 e. The van der Waals surface area contributed by atoms with E-state index in [4.69, 9.17) is 4.74 Å². The highest BCUT2D eigenvalue weighted by atomic mass is 16.5. The van der Waals surface area contributed by atoms with Crippen LogP contribution in [0.2, 0.25) is 0 Å². The Kier molecular flexibility index (Phi) is 3.67. The van der Waals surface area contributed by atoms with Gasteiger partial charge in [0.2, 0.25) is 0 Å². The molecule has 2 aromatic carbocycles. The van der Waals surface area contributed by atoms with Crippen LogP contribution in [0.15, 0.2) is 66.9 Å². The van der Waals surface area contributed by atoms with Gasteiger partial charge in [-0.05, 0) is 35.9 Å². The average molecular weight is 316 g/mol. The smallest absolute Gasteiger partial charge is 0.252 e. The van der Waals surface area contributed by atoms with Crippen LogP contribution in [0.3, 0.4) is 0 Å². The van der Waals surface area contributed by atoms with Gasteiger partial charge in [-0.3, -0.25) is 0 Å². The molecule has 2 aromatic heterocycles. The number of ether oxygens (including phenoxy) is 1. The summed E-state index contributed by atoms with van der Waals surface area (Å²) in [5, 5.41) is 4.64. The maximum absolute atomic E-state index is 5.22. The summed E-state index contributed by atoms with van der Waals surface area (Å²) in [6, 6.07) is 20.0. The van der Waals surface area contributed by atoms with Gasteiger partial charge >= 0.3 is 0 Å². The largest absolute Gasteiger partial charge is 0.497 e. The molecule has 0 saturated carbocycles. The molecule has 0 aliphatic heterocycles. The van der Waals surface area contributed by atoms with E-state index in [9.17, 15) is 0 Å². The Balaban J connectivity index is 1.74. The van der Waals surface area contributed by atoms with Gasteiger partial charge in [0.15, 0.2) is 5.82 Å². The molecule has 24 heavy (non-hydrogen) atoms. The van der Waals surface area contributed by atoms with Crippen LogP contribution in [0.4, 0.5) is 0 Å². The summed E-state index contributed by atoms with van der Waals surface area (Å²) in [6.45, 7) is 0. The van der Waals surface area contributed by atoms with Crippen LogP contribution in [-0.4, -0.2) is 26.7 Å². The van der Waals surface area contributed by atoms with Crippen molar-refractivity contribution in [1.29, 1.82) is 0 Å². The standard InChI is InChI=1S/C19H16N4O/c1-24-16-9-7-15(8-10-16)17-11-12-20-19-21-18(22-23(17)19)13-14-5-3-2-4-6-14/h2-12H,13H2,1H3. The van der Waals surface area contributed by atoms with Crippen molar-refractivity contribution in [2.75, 3.05) is 7.11 Å². The summed E-state index contributed by atoms with van der Waals surface area (Å²) < 4.78 is 7.01. The Bertz CT molecular complexity index is 962. The first-order valence-corrected chi connectivity index (χ1v) is 7.72. The molecule has 0 aliphatic carbocycles.